The zero-order valence-corrected chi connectivity index (χ0v) is 10.9. The molecule has 20 heavy (non-hydrogen) atoms. The number of benzene rings is 1. The number of hydrogen-bond acceptors (Lipinski definition) is 4. The summed E-state index contributed by atoms with van der Waals surface area (Å²) in [4.78, 5) is 21.0. The van der Waals surface area contributed by atoms with Gasteiger partial charge < -0.3 is 15.2 Å². The van der Waals surface area contributed by atoms with Gasteiger partial charge in [-0.2, -0.15) is 0 Å². The van der Waals surface area contributed by atoms with Gasteiger partial charge in [-0.1, -0.05) is 12.1 Å². The van der Waals surface area contributed by atoms with E-state index in [1.807, 2.05) is 0 Å². The number of nitro benzene ring substituents is 1. The van der Waals surface area contributed by atoms with Crippen molar-refractivity contribution in [2.24, 2.45) is 0 Å². The number of nitro groups is 1. The third-order valence-electron chi connectivity index (χ3n) is 3.72. The number of carbonyl (C=O) groups is 1. The highest BCUT2D eigenvalue weighted by Crippen LogP contribution is 2.35. The minimum Gasteiger partial charge on any atom is -0.465 e. The first-order chi connectivity index (χ1) is 9.53. The molecule has 0 saturated carbocycles. The van der Waals surface area contributed by atoms with Crippen LogP contribution in [0, 0.1) is 10.1 Å². The Morgan fingerprint density at radius 3 is 2.45 bits per heavy atom. The quantitative estimate of drug-likeness (QED) is 0.648. The minimum absolute atomic E-state index is 0.0298. The Balaban J connectivity index is 2.25. The fourth-order valence-electron chi connectivity index (χ4n) is 2.51. The zero-order chi connectivity index (χ0) is 14.6. The van der Waals surface area contributed by atoms with Crippen LogP contribution in [0.5, 0.6) is 0 Å². The number of nitrogens with one attached hydrogen (secondary N) is 1. The molecule has 7 nitrogen and oxygen atoms in total. The molecule has 0 spiro atoms. The Bertz CT molecular complexity index is 494. The SMILES string of the molecule is O=C(O)NCC1(c2ccc([N+](=O)[O-])cc2)CCOCC1. The van der Waals surface area contributed by atoms with Gasteiger partial charge >= 0.3 is 6.09 Å². The molecule has 1 fully saturated rings. The maximum absolute atomic E-state index is 10.7. The van der Waals surface area contributed by atoms with Crippen LogP contribution < -0.4 is 5.32 Å². The van der Waals surface area contributed by atoms with E-state index < -0.39 is 11.0 Å². The molecule has 1 aliphatic heterocycles. The summed E-state index contributed by atoms with van der Waals surface area (Å²) in [6.45, 7) is 1.39. The Labute approximate surface area is 115 Å². The van der Waals surface area contributed by atoms with Crippen molar-refractivity contribution in [3.05, 3.63) is 39.9 Å². The minimum atomic E-state index is -1.07. The highest BCUT2D eigenvalue weighted by molar-refractivity contribution is 5.64. The van der Waals surface area contributed by atoms with Gasteiger partial charge in [-0.15, -0.1) is 0 Å². The molecule has 1 amide bonds. The maximum atomic E-state index is 10.7. The lowest BCUT2D eigenvalue weighted by molar-refractivity contribution is -0.384. The fourth-order valence-corrected chi connectivity index (χ4v) is 2.51. The lowest BCUT2D eigenvalue weighted by Crippen LogP contribution is -2.44. The van der Waals surface area contributed by atoms with Crippen LogP contribution in [0.25, 0.3) is 0 Å². The van der Waals surface area contributed by atoms with Crippen LogP contribution in [-0.2, 0) is 10.2 Å². The Morgan fingerprint density at radius 1 is 1.35 bits per heavy atom. The van der Waals surface area contributed by atoms with Crippen LogP contribution in [0.15, 0.2) is 24.3 Å². The molecule has 2 N–H and O–H groups in total. The molecule has 1 aliphatic rings. The van der Waals surface area contributed by atoms with Crippen LogP contribution >= 0.6 is 0 Å². The number of hydrogen-bond donors (Lipinski definition) is 2. The number of non-ortho nitro benzene ring substituents is 1. The summed E-state index contributed by atoms with van der Waals surface area (Å²) in [7, 11) is 0. The van der Waals surface area contributed by atoms with E-state index in [0.717, 1.165) is 5.56 Å². The van der Waals surface area contributed by atoms with Crippen LogP contribution in [0.2, 0.25) is 0 Å². The molecule has 0 aliphatic carbocycles. The molecule has 0 bridgehead atoms. The standard InChI is InChI=1S/C13H16N2O5/c16-12(17)14-9-13(5-7-20-8-6-13)10-1-3-11(4-2-10)15(18)19/h1-4,14H,5-9H2,(H,16,17). The number of amides is 1. The second-order valence-corrected chi connectivity index (χ2v) is 4.86. The van der Waals surface area contributed by atoms with Crippen molar-refractivity contribution in [1.29, 1.82) is 0 Å². The largest absolute Gasteiger partial charge is 0.465 e. The van der Waals surface area contributed by atoms with E-state index in [0.29, 0.717) is 26.1 Å². The first-order valence-electron chi connectivity index (χ1n) is 6.33. The third-order valence-corrected chi connectivity index (χ3v) is 3.72. The average molecular weight is 280 g/mol. The summed E-state index contributed by atoms with van der Waals surface area (Å²) in [5, 5.41) is 21.9. The predicted octanol–water partition coefficient (Wildman–Crippen LogP) is 1.91. The molecule has 0 aromatic heterocycles. The monoisotopic (exact) mass is 280 g/mol. The van der Waals surface area contributed by atoms with Gasteiger partial charge in [-0.05, 0) is 18.4 Å². The normalized spacial score (nSPS) is 17.4. The van der Waals surface area contributed by atoms with Crippen molar-refractivity contribution in [2.45, 2.75) is 18.3 Å². The first kappa shape index (κ1) is 14.3. The van der Waals surface area contributed by atoms with Gasteiger partial charge in [-0.25, -0.2) is 4.79 Å². The van der Waals surface area contributed by atoms with Crippen LogP contribution in [0.1, 0.15) is 18.4 Å². The number of rotatable bonds is 4. The number of ether oxygens (including phenoxy) is 1. The lowest BCUT2D eigenvalue weighted by atomic mass is 9.74. The Morgan fingerprint density at radius 2 is 1.95 bits per heavy atom. The summed E-state index contributed by atoms with van der Waals surface area (Å²) in [5.74, 6) is 0. The van der Waals surface area contributed by atoms with Crippen LogP contribution in [-0.4, -0.2) is 35.9 Å². The fraction of sp³-hybridized carbons (Fsp3) is 0.462. The van der Waals surface area contributed by atoms with Crippen molar-refractivity contribution in [3.8, 4) is 0 Å². The summed E-state index contributed by atoms with van der Waals surface area (Å²) in [6.07, 6.45) is 0.300. The van der Waals surface area contributed by atoms with Gasteiger partial charge in [0.15, 0.2) is 0 Å². The van der Waals surface area contributed by atoms with E-state index in [4.69, 9.17) is 9.84 Å². The maximum Gasteiger partial charge on any atom is 0.404 e. The zero-order valence-electron chi connectivity index (χ0n) is 10.9. The highest BCUT2D eigenvalue weighted by atomic mass is 16.6. The van der Waals surface area contributed by atoms with Crippen molar-refractivity contribution < 1.29 is 19.6 Å². The van der Waals surface area contributed by atoms with Crippen LogP contribution in [0.3, 0.4) is 0 Å². The van der Waals surface area contributed by atoms with Crippen molar-refractivity contribution in [3.63, 3.8) is 0 Å². The van der Waals surface area contributed by atoms with Gasteiger partial charge in [-0.3, -0.25) is 10.1 Å². The summed E-state index contributed by atoms with van der Waals surface area (Å²) < 4.78 is 5.33. The second kappa shape index (κ2) is 5.87. The molecule has 0 radical (unpaired) electrons. The van der Waals surface area contributed by atoms with Crippen LogP contribution in [0.4, 0.5) is 10.5 Å². The molecular weight excluding hydrogens is 264 g/mol. The molecule has 1 aromatic rings. The molecule has 0 unspecified atom stereocenters. The van der Waals surface area contributed by atoms with Gasteiger partial charge in [0, 0.05) is 37.3 Å². The molecule has 0 atom stereocenters. The molecule has 1 aromatic carbocycles. The van der Waals surface area contributed by atoms with E-state index in [1.165, 1.54) is 12.1 Å². The number of nitrogens with zero attached hydrogens (tertiary/aromatic N) is 1. The predicted molar refractivity (Wildman–Crippen MR) is 70.9 cm³/mol. The molecule has 7 heteroatoms. The first-order valence-corrected chi connectivity index (χ1v) is 6.33. The summed E-state index contributed by atoms with van der Waals surface area (Å²) in [5.41, 5.74) is 0.577. The van der Waals surface area contributed by atoms with Crippen molar-refractivity contribution in [1.82, 2.24) is 5.32 Å². The van der Waals surface area contributed by atoms with Crippen molar-refractivity contribution in [2.75, 3.05) is 19.8 Å². The van der Waals surface area contributed by atoms with E-state index in [2.05, 4.69) is 5.32 Å². The Hall–Kier alpha value is -2.15. The van der Waals surface area contributed by atoms with Gasteiger partial charge in [0.2, 0.25) is 0 Å². The molecule has 108 valence electrons. The van der Waals surface area contributed by atoms with E-state index in [-0.39, 0.29) is 17.6 Å². The summed E-state index contributed by atoms with van der Waals surface area (Å²) >= 11 is 0. The van der Waals surface area contributed by atoms with Gasteiger partial charge in [0.1, 0.15) is 0 Å². The van der Waals surface area contributed by atoms with E-state index >= 15 is 0 Å². The van der Waals surface area contributed by atoms with Crippen molar-refractivity contribution >= 4 is 11.8 Å². The van der Waals surface area contributed by atoms with Gasteiger partial charge in [0.25, 0.3) is 5.69 Å². The number of carboxylic acid groups (broad SMARTS) is 1. The molecule has 1 heterocycles. The average Bonchev–Trinajstić information content (AvgIpc) is 2.46. The second-order valence-electron chi connectivity index (χ2n) is 4.86. The molecule has 2 rings (SSSR count). The third kappa shape index (κ3) is 3.05. The molecule has 1 saturated heterocycles. The summed E-state index contributed by atoms with van der Waals surface area (Å²) in [6, 6.07) is 6.31. The van der Waals surface area contributed by atoms with E-state index in [9.17, 15) is 14.9 Å². The highest BCUT2D eigenvalue weighted by Gasteiger charge is 2.35. The van der Waals surface area contributed by atoms with E-state index in [1.54, 1.807) is 12.1 Å². The lowest BCUT2D eigenvalue weighted by Gasteiger charge is -2.37. The Kier molecular flexibility index (Phi) is 4.19. The smallest absolute Gasteiger partial charge is 0.404 e. The topological polar surface area (TPSA) is 102 Å². The van der Waals surface area contributed by atoms with Gasteiger partial charge in [0.05, 0.1) is 4.92 Å². The molecular formula is C13H16N2O5.